The van der Waals surface area contributed by atoms with E-state index in [2.05, 4.69) is 18.4 Å². The van der Waals surface area contributed by atoms with Crippen molar-refractivity contribution in [2.75, 3.05) is 12.0 Å². The second-order valence-corrected chi connectivity index (χ2v) is 7.85. The standard InChI is InChI=1S/C23H19NO4S/c1-14-11-16(13-29-14)15-7-9-17(10-8-15)24-21(19(12-25)22(26)23(24)27)18-5-3-4-6-20(18)28-2/h3-13,21,26H,1-2H3. The molecular weight excluding hydrogens is 386 g/mol. The zero-order valence-corrected chi connectivity index (χ0v) is 16.8. The van der Waals surface area contributed by atoms with E-state index in [1.807, 2.05) is 30.3 Å². The number of aldehydes is 1. The van der Waals surface area contributed by atoms with Gasteiger partial charge in [0.15, 0.2) is 12.0 Å². The summed E-state index contributed by atoms with van der Waals surface area (Å²) >= 11 is 1.68. The number of rotatable bonds is 5. The minimum Gasteiger partial charge on any atom is -0.503 e. The Hall–Kier alpha value is -3.38. The van der Waals surface area contributed by atoms with Crippen LogP contribution in [0.1, 0.15) is 16.5 Å². The van der Waals surface area contributed by atoms with E-state index in [1.165, 1.54) is 16.9 Å². The zero-order valence-electron chi connectivity index (χ0n) is 16.0. The van der Waals surface area contributed by atoms with Crippen LogP contribution in [0.15, 0.2) is 71.3 Å². The van der Waals surface area contributed by atoms with Gasteiger partial charge >= 0.3 is 0 Å². The highest BCUT2D eigenvalue weighted by molar-refractivity contribution is 7.10. The first-order valence-corrected chi connectivity index (χ1v) is 9.93. The van der Waals surface area contributed by atoms with Crippen LogP contribution in [0.4, 0.5) is 5.69 Å². The fourth-order valence-corrected chi connectivity index (χ4v) is 4.33. The predicted molar refractivity (Wildman–Crippen MR) is 113 cm³/mol. The molecule has 4 rings (SSSR count). The van der Waals surface area contributed by atoms with Crippen LogP contribution < -0.4 is 9.64 Å². The number of hydrogen-bond donors (Lipinski definition) is 1. The second-order valence-electron chi connectivity index (χ2n) is 6.73. The van der Waals surface area contributed by atoms with Crippen molar-refractivity contribution in [3.8, 4) is 16.9 Å². The van der Waals surface area contributed by atoms with Crippen LogP contribution in [0.5, 0.6) is 5.75 Å². The predicted octanol–water partition coefficient (Wildman–Crippen LogP) is 4.83. The second kappa shape index (κ2) is 7.56. The van der Waals surface area contributed by atoms with Gasteiger partial charge in [-0.1, -0.05) is 30.3 Å². The molecule has 3 aromatic rings. The number of para-hydroxylation sites is 1. The van der Waals surface area contributed by atoms with Gasteiger partial charge in [-0.3, -0.25) is 14.5 Å². The highest BCUT2D eigenvalue weighted by atomic mass is 32.1. The Balaban J connectivity index is 1.78. The van der Waals surface area contributed by atoms with E-state index in [0.29, 0.717) is 23.3 Å². The molecule has 1 amide bonds. The van der Waals surface area contributed by atoms with Gasteiger partial charge in [-0.15, -0.1) is 11.3 Å². The van der Waals surface area contributed by atoms with Crippen molar-refractivity contribution >= 4 is 29.2 Å². The topological polar surface area (TPSA) is 66.8 Å². The van der Waals surface area contributed by atoms with Gasteiger partial charge in [0.2, 0.25) is 0 Å². The quantitative estimate of drug-likeness (QED) is 0.618. The number of thiophene rings is 1. The molecule has 1 aliphatic rings. The van der Waals surface area contributed by atoms with E-state index >= 15 is 0 Å². The number of hydrogen-bond acceptors (Lipinski definition) is 5. The third-order valence-corrected chi connectivity index (χ3v) is 5.88. The monoisotopic (exact) mass is 405 g/mol. The molecule has 146 valence electrons. The Labute approximate surface area is 172 Å². The summed E-state index contributed by atoms with van der Waals surface area (Å²) in [5, 5.41) is 12.4. The number of methoxy groups -OCH3 is 1. The average Bonchev–Trinajstić information content (AvgIpc) is 3.29. The molecule has 0 aliphatic carbocycles. The van der Waals surface area contributed by atoms with Crippen LogP contribution in [0, 0.1) is 6.92 Å². The molecule has 5 nitrogen and oxygen atoms in total. The summed E-state index contributed by atoms with van der Waals surface area (Å²) in [4.78, 5) is 27.2. The Morgan fingerprint density at radius 1 is 1.10 bits per heavy atom. The summed E-state index contributed by atoms with van der Waals surface area (Å²) in [7, 11) is 1.53. The molecule has 0 radical (unpaired) electrons. The molecule has 2 heterocycles. The first-order valence-electron chi connectivity index (χ1n) is 9.05. The fourth-order valence-electron chi connectivity index (χ4n) is 3.62. The Bertz CT molecular complexity index is 1110. The first kappa shape index (κ1) is 19.0. The number of aliphatic hydroxyl groups excluding tert-OH is 1. The van der Waals surface area contributed by atoms with Gasteiger partial charge in [-0.2, -0.15) is 0 Å². The number of carbonyl (C=O) groups excluding carboxylic acids is 2. The van der Waals surface area contributed by atoms with Crippen molar-refractivity contribution in [1.29, 1.82) is 0 Å². The van der Waals surface area contributed by atoms with Crippen molar-refractivity contribution in [2.45, 2.75) is 13.0 Å². The number of amides is 1. The smallest absolute Gasteiger partial charge is 0.294 e. The first-order chi connectivity index (χ1) is 14.0. The van der Waals surface area contributed by atoms with Gasteiger partial charge in [0, 0.05) is 16.1 Å². The summed E-state index contributed by atoms with van der Waals surface area (Å²) < 4.78 is 5.43. The molecule has 0 saturated carbocycles. The van der Waals surface area contributed by atoms with Crippen LogP contribution in [-0.2, 0) is 9.59 Å². The van der Waals surface area contributed by atoms with Gasteiger partial charge in [0.25, 0.3) is 5.91 Å². The largest absolute Gasteiger partial charge is 0.503 e. The molecule has 1 unspecified atom stereocenters. The van der Waals surface area contributed by atoms with E-state index in [4.69, 9.17) is 4.74 Å². The molecule has 2 aromatic carbocycles. The Morgan fingerprint density at radius 2 is 1.83 bits per heavy atom. The number of ether oxygens (including phenoxy) is 1. The summed E-state index contributed by atoms with van der Waals surface area (Å²) in [6.45, 7) is 2.05. The van der Waals surface area contributed by atoms with Crippen molar-refractivity contribution in [2.24, 2.45) is 0 Å². The van der Waals surface area contributed by atoms with Crippen LogP contribution in [0.3, 0.4) is 0 Å². The summed E-state index contributed by atoms with van der Waals surface area (Å²) in [5.41, 5.74) is 3.39. The number of benzene rings is 2. The maximum absolute atomic E-state index is 12.8. The third-order valence-electron chi connectivity index (χ3n) is 5.02. The number of anilines is 1. The molecule has 29 heavy (non-hydrogen) atoms. The van der Waals surface area contributed by atoms with Gasteiger partial charge < -0.3 is 9.84 Å². The molecule has 0 saturated heterocycles. The molecule has 0 spiro atoms. The lowest BCUT2D eigenvalue weighted by molar-refractivity contribution is -0.117. The summed E-state index contributed by atoms with van der Waals surface area (Å²) in [5.74, 6) is -0.606. The highest BCUT2D eigenvalue weighted by Gasteiger charge is 2.42. The molecule has 1 aliphatic heterocycles. The summed E-state index contributed by atoms with van der Waals surface area (Å²) in [6.07, 6.45) is 0.535. The van der Waals surface area contributed by atoms with Crippen LogP contribution in [0.25, 0.3) is 11.1 Å². The zero-order chi connectivity index (χ0) is 20.5. The molecule has 1 aromatic heterocycles. The number of aliphatic hydroxyl groups is 1. The van der Waals surface area contributed by atoms with Crippen molar-refractivity contribution in [3.63, 3.8) is 0 Å². The average molecular weight is 405 g/mol. The summed E-state index contributed by atoms with van der Waals surface area (Å²) in [6, 6.07) is 16.0. The Kier molecular flexibility index (Phi) is 4.94. The van der Waals surface area contributed by atoms with Gasteiger partial charge in [0.1, 0.15) is 5.75 Å². The van der Waals surface area contributed by atoms with Crippen molar-refractivity contribution in [3.05, 3.63) is 81.8 Å². The van der Waals surface area contributed by atoms with Gasteiger partial charge in [-0.25, -0.2) is 0 Å². The van der Waals surface area contributed by atoms with Gasteiger partial charge in [0.05, 0.1) is 18.7 Å². The van der Waals surface area contributed by atoms with E-state index in [-0.39, 0.29) is 5.57 Å². The molecular formula is C23H19NO4S. The normalized spacial score (nSPS) is 16.4. The van der Waals surface area contributed by atoms with E-state index in [0.717, 1.165) is 11.1 Å². The number of carbonyl (C=O) groups is 2. The van der Waals surface area contributed by atoms with E-state index in [1.54, 1.807) is 29.5 Å². The fraction of sp³-hybridized carbons (Fsp3) is 0.130. The molecule has 1 atom stereocenters. The van der Waals surface area contributed by atoms with Crippen LogP contribution in [0.2, 0.25) is 0 Å². The SMILES string of the molecule is COc1ccccc1C1C(C=O)=C(O)C(=O)N1c1ccc(-c2csc(C)c2)cc1. The van der Waals surface area contributed by atoms with E-state index in [9.17, 15) is 14.7 Å². The van der Waals surface area contributed by atoms with Gasteiger partial charge in [-0.05, 0) is 47.7 Å². The third kappa shape index (κ3) is 3.21. The molecule has 0 fully saturated rings. The lowest BCUT2D eigenvalue weighted by Gasteiger charge is -2.27. The van der Waals surface area contributed by atoms with Crippen molar-refractivity contribution in [1.82, 2.24) is 0 Å². The molecule has 0 bridgehead atoms. The highest BCUT2D eigenvalue weighted by Crippen LogP contribution is 2.43. The number of nitrogens with zero attached hydrogens (tertiary/aromatic N) is 1. The van der Waals surface area contributed by atoms with E-state index < -0.39 is 17.7 Å². The van der Waals surface area contributed by atoms with Crippen LogP contribution >= 0.6 is 11.3 Å². The van der Waals surface area contributed by atoms with Crippen LogP contribution in [-0.4, -0.2) is 24.4 Å². The minimum atomic E-state index is -0.759. The van der Waals surface area contributed by atoms with Crippen molar-refractivity contribution < 1.29 is 19.4 Å². The maximum atomic E-state index is 12.8. The Morgan fingerprint density at radius 3 is 2.45 bits per heavy atom. The molecule has 1 N–H and O–H groups in total. The maximum Gasteiger partial charge on any atom is 0.294 e. The molecule has 6 heteroatoms. The minimum absolute atomic E-state index is 0.0250. The number of aryl methyl sites for hydroxylation is 1. The lowest BCUT2D eigenvalue weighted by Crippen LogP contribution is -2.30. The lowest BCUT2D eigenvalue weighted by atomic mass is 9.98.